The number of ether oxygens (including phenoxy) is 1. The number of hydrogen-bond donors (Lipinski definition) is 1. The number of aromatic nitrogens is 3. The van der Waals surface area contributed by atoms with Gasteiger partial charge in [-0.05, 0) is 32.1 Å². The summed E-state index contributed by atoms with van der Waals surface area (Å²) in [4.78, 5) is 17.2. The molecule has 2 aliphatic rings. The number of anilines is 1. The molecular weight excluding hydrogens is 312 g/mol. The summed E-state index contributed by atoms with van der Waals surface area (Å²) in [6.45, 7) is 2.81. The van der Waals surface area contributed by atoms with E-state index in [1.54, 1.807) is 6.07 Å². The smallest absolute Gasteiger partial charge is 0.275 e. The normalized spacial score (nSPS) is 23.6. The van der Waals surface area contributed by atoms with Crippen molar-refractivity contribution >= 4 is 21.4 Å². The molecule has 1 unspecified atom stereocenters. The van der Waals surface area contributed by atoms with Crippen molar-refractivity contribution in [3.63, 3.8) is 0 Å². The summed E-state index contributed by atoms with van der Waals surface area (Å²) in [5.41, 5.74) is 0.799. The minimum Gasteiger partial charge on any atom is -0.375 e. The lowest BCUT2D eigenvalue weighted by molar-refractivity contribution is -0.0767. The van der Waals surface area contributed by atoms with Gasteiger partial charge in [0.1, 0.15) is 0 Å². The van der Waals surface area contributed by atoms with Crippen molar-refractivity contribution in [2.45, 2.75) is 63.5 Å². The van der Waals surface area contributed by atoms with Gasteiger partial charge >= 0.3 is 0 Å². The Bertz CT molecular complexity index is 763. The molecular formula is C16H22N4O2S. The van der Waals surface area contributed by atoms with Gasteiger partial charge in [0.05, 0.1) is 5.60 Å². The molecule has 1 atom stereocenters. The summed E-state index contributed by atoms with van der Waals surface area (Å²) in [6, 6.07) is 1.93. The Kier molecular flexibility index (Phi) is 3.85. The SMILES string of the molecule is CCc1cc(=O)n2nc(NC3CCOC4(CCCC4)C3)sc2n1. The monoisotopic (exact) mass is 334 g/mol. The molecule has 1 N–H and O–H groups in total. The van der Waals surface area contributed by atoms with Gasteiger partial charge in [0, 0.05) is 24.4 Å². The van der Waals surface area contributed by atoms with Crippen LogP contribution in [-0.2, 0) is 11.2 Å². The van der Waals surface area contributed by atoms with Gasteiger partial charge in [-0.1, -0.05) is 31.1 Å². The number of nitrogens with zero attached hydrogens (tertiary/aromatic N) is 3. The third-order valence-electron chi connectivity index (χ3n) is 5.00. The summed E-state index contributed by atoms with van der Waals surface area (Å²) >= 11 is 1.45. The fraction of sp³-hybridized carbons (Fsp3) is 0.688. The number of nitrogens with one attached hydrogen (secondary N) is 1. The predicted octanol–water partition coefficient (Wildman–Crippen LogP) is 2.62. The molecule has 3 heterocycles. The first kappa shape index (κ1) is 15.1. The average Bonchev–Trinajstić information content (AvgIpc) is 3.14. The van der Waals surface area contributed by atoms with Gasteiger partial charge in [-0.25, -0.2) is 4.98 Å². The highest BCUT2D eigenvalue weighted by molar-refractivity contribution is 7.20. The lowest BCUT2D eigenvalue weighted by atomic mass is 9.89. The van der Waals surface area contributed by atoms with E-state index < -0.39 is 0 Å². The summed E-state index contributed by atoms with van der Waals surface area (Å²) < 4.78 is 7.48. The second-order valence-corrected chi connectivity index (χ2v) is 7.57. The molecule has 4 rings (SSSR count). The van der Waals surface area contributed by atoms with E-state index in [9.17, 15) is 4.79 Å². The van der Waals surface area contributed by atoms with E-state index in [4.69, 9.17) is 4.74 Å². The van der Waals surface area contributed by atoms with Gasteiger partial charge in [0.2, 0.25) is 10.1 Å². The zero-order valence-electron chi connectivity index (χ0n) is 13.4. The molecule has 6 nitrogen and oxygen atoms in total. The quantitative estimate of drug-likeness (QED) is 0.934. The van der Waals surface area contributed by atoms with Crippen LogP contribution in [0.25, 0.3) is 4.96 Å². The van der Waals surface area contributed by atoms with E-state index in [0.717, 1.165) is 36.7 Å². The van der Waals surface area contributed by atoms with Crippen molar-refractivity contribution in [1.29, 1.82) is 0 Å². The topological polar surface area (TPSA) is 68.5 Å². The van der Waals surface area contributed by atoms with Crippen molar-refractivity contribution in [1.82, 2.24) is 14.6 Å². The molecule has 0 bridgehead atoms. The highest BCUT2D eigenvalue weighted by Crippen LogP contribution is 2.40. The van der Waals surface area contributed by atoms with E-state index in [-0.39, 0.29) is 11.2 Å². The van der Waals surface area contributed by atoms with Crippen molar-refractivity contribution < 1.29 is 4.74 Å². The van der Waals surface area contributed by atoms with E-state index in [2.05, 4.69) is 15.4 Å². The molecule has 1 saturated heterocycles. The molecule has 1 spiro atoms. The van der Waals surface area contributed by atoms with E-state index in [1.807, 2.05) is 6.92 Å². The van der Waals surface area contributed by atoms with Crippen LogP contribution in [0.1, 0.15) is 51.1 Å². The molecule has 0 amide bonds. The van der Waals surface area contributed by atoms with Crippen LogP contribution in [-0.4, -0.2) is 32.8 Å². The lowest BCUT2D eigenvalue weighted by Gasteiger charge is -2.38. The van der Waals surface area contributed by atoms with Crippen LogP contribution in [0.3, 0.4) is 0 Å². The van der Waals surface area contributed by atoms with Gasteiger partial charge in [-0.15, -0.1) is 5.10 Å². The van der Waals surface area contributed by atoms with Crippen molar-refractivity contribution in [3.8, 4) is 0 Å². The maximum Gasteiger partial charge on any atom is 0.275 e. The van der Waals surface area contributed by atoms with Crippen LogP contribution in [0.4, 0.5) is 5.13 Å². The first-order valence-electron chi connectivity index (χ1n) is 8.48. The van der Waals surface area contributed by atoms with Gasteiger partial charge < -0.3 is 10.1 Å². The Morgan fingerprint density at radius 3 is 3.09 bits per heavy atom. The Hall–Kier alpha value is -1.47. The van der Waals surface area contributed by atoms with E-state index in [0.29, 0.717) is 11.0 Å². The zero-order chi connectivity index (χ0) is 15.9. The molecule has 124 valence electrons. The highest BCUT2D eigenvalue weighted by atomic mass is 32.1. The Balaban J connectivity index is 1.55. The first-order chi connectivity index (χ1) is 11.2. The van der Waals surface area contributed by atoms with Crippen molar-refractivity contribution in [3.05, 3.63) is 22.1 Å². The number of rotatable bonds is 3. The standard InChI is InChI=1S/C16H22N4O2S/c1-2-11-9-13(21)20-15(18-11)23-14(19-20)17-12-5-8-22-16(10-12)6-3-4-7-16/h9,12H,2-8,10H2,1H3,(H,17,19). The maximum absolute atomic E-state index is 12.1. The summed E-state index contributed by atoms with van der Waals surface area (Å²) in [6.07, 6.45) is 7.66. The maximum atomic E-state index is 12.1. The number of aryl methyl sites for hydroxylation is 1. The number of hydrogen-bond acceptors (Lipinski definition) is 6. The fourth-order valence-corrected chi connectivity index (χ4v) is 4.69. The summed E-state index contributed by atoms with van der Waals surface area (Å²) in [5.74, 6) is 0. The molecule has 1 saturated carbocycles. The van der Waals surface area contributed by atoms with Gasteiger partial charge in [0.25, 0.3) is 5.56 Å². The zero-order valence-corrected chi connectivity index (χ0v) is 14.2. The number of fused-ring (bicyclic) bond motifs is 1. The molecule has 2 aromatic rings. The van der Waals surface area contributed by atoms with Gasteiger partial charge in [-0.2, -0.15) is 4.52 Å². The summed E-state index contributed by atoms with van der Waals surface area (Å²) in [7, 11) is 0. The summed E-state index contributed by atoms with van der Waals surface area (Å²) in [5, 5.41) is 8.70. The van der Waals surface area contributed by atoms with Crippen LogP contribution >= 0.6 is 11.3 Å². The van der Waals surface area contributed by atoms with Gasteiger partial charge in [-0.3, -0.25) is 4.79 Å². The third-order valence-corrected chi connectivity index (χ3v) is 5.84. The minimum atomic E-state index is -0.101. The fourth-order valence-electron chi connectivity index (χ4n) is 3.79. The van der Waals surface area contributed by atoms with Crippen LogP contribution < -0.4 is 10.9 Å². The molecule has 0 radical (unpaired) electrons. The second kappa shape index (κ2) is 5.87. The lowest BCUT2D eigenvalue weighted by Crippen LogP contribution is -2.42. The van der Waals surface area contributed by atoms with Crippen LogP contribution in [0.5, 0.6) is 0 Å². The molecule has 2 aromatic heterocycles. The largest absolute Gasteiger partial charge is 0.375 e. The molecule has 0 aromatic carbocycles. The van der Waals surface area contributed by atoms with Crippen LogP contribution in [0.15, 0.2) is 10.9 Å². The van der Waals surface area contributed by atoms with Crippen molar-refractivity contribution in [2.75, 3.05) is 11.9 Å². The van der Waals surface area contributed by atoms with Crippen LogP contribution in [0, 0.1) is 0 Å². The molecule has 23 heavy (non-hydrogen) atoms. The second-order valence-electron chi connectivity index (χ2n) is 6.61. The van der Waals surface area contributed by atoms with Crippen molar-refractivity contribution in [2.24, 2.45) is 0 Å². The van der Waals surface area contributed by atoms with E-state index in [1.165, 1.54) is 41.5 Å². The van der Waals surface area contributed by atoms with Crippen LogP contribution in [0.2, 0.25) is 0 Å². The highest BCUT2D eigenvalue weighted by Gasteiger charge is 2.40. The Morgan fingerprint density at radius 2 is 2.30 bits per heavy atom. The van der Waals surface area contributed by atoms with Gasteiger partial charge in [0.15, 0.2) is 0 Å². The molecule has 2 fully saturated rings. The Labute approximate surface area is 138 Å². The van der Waals surface area contributed by atoms with E-state index >= 15 is 0 Å². The molecule has 7 heteroatoms. The average molecular weight is 334 g/mol. The molecule has 1 aliphatic carbocycles. The minimum absolute atomic E-state index is 0.0804. The predicted molar refractivity (Wildman–Crippen MR) is 90.3 cm³/mol. The first-order valence-corrected chi connectivity index (χ1v) is 9.29. The molecule has 1 aliphatic heterocycles. The third kappa shape index (κ3) is 2.87. The Morgan fingerprint density at radius 1 is 1.48 bits per heavy atom.